The number of anilines is 2. The fourth-order valence-electron chi connectivity index (χ4n) is 2.48. The van der Waals surface area contributed by atoms with Crippen LogP contribution in [0.25, 0.3) is 0 Å². The molecule has 134 valence electrons. The van der Waals surface area contributed by atoms with Crippen molar-refractivity contribution in [2.75, 3.05) is 15.9 Å². The maximum atomic E-state index is 14.1. The van der Waals surface area contributed by atoms with Crippen molar-refractivity contribution >= 4 is 27.3 Å². The molecule has 7 heteroatoms. The van der Waals surface area contributed by atoms with Crippen molar-refractivity contribution in [1.29, 1.82) is 0 Å². The lowest BCUT2D eigenvalue weighted by Crippen LogP contribution is -2.45. The van der Waals surface area contributed by atoms with Gasteiger partial charge in [-0.05, 0) is 43.2 Å². The molecule has 0 heterocycles. The molecule has 0 aliphatic heterocycles. The van der Waals surface area contributed by atoms with Crippen LogP contribution in [0.3, 0.4) is 0 Å². The lowest BCUT2D eigenvalue weighted by molar-refractivity contribution is -0.116. The van der Waals surface area contributed by atoms with Crippen molar-refractivity contribution in [3.63, 3.8) is 0 Å². The van der Waals surface area contributed by atoms with Crippen molar-refractivity contribution in [2.45, 2.75) is 26.3 Å². The molecule has 0 saturated heterocycles. The van der Waals surface area contributed by atoms with Gasteiger partial charge in [-0.3, -0.25) is 9.10 Å². The molecule has 0 fully saturated rings. The molecule has 0 aliphatic rings. The molecule has 0 radical (unpaired) electrons. The first kappa shape index (κ1) is 18.9. The quantitative estimate of drug-likeness (QED) is 0.856. The second kappa shape index (κ2) is 7.65. The number of para-hydroxylation sites is 1. The van der Waals surface area contributed by atoms with E-state index in [0.717, 1.165) is 28.6 Å². The minimum atomic E-state index is -3.86. The number of rotatable bonds is 6. The second-order valence-corrected chi connectivity index (χ2v) is 7.59. The molecular formula is C18H21FN2O3S. The maximum absolute atomic E-state index is 14.1. The molecule has 1 amide bonds. The number of nitrogens with one attached hydrogen (secondary N) is 1. The molecule has 5 nitrogen and oxygen atoms in total. The summed E-state index contributed by atoms with van der Waals surface area (Å²) in [6.07, 6.45) is 1.82. The number of amides is 1. The number of nitrogens with zero attached hydrogens (tertiary/aromatic N) is 1. The van der Waals surface area contributed by atoms with E-state index in [1.54, 1.807) is 12.1 Å². The van der Waals surface area contributed by atoms with E-state index in [4.69, 9.17) is 0 Å². The van der Waals surface area contributed by atoms with Crippen molar-refractivity contribution in [2.24, 2.45) is 0 Å². The number of halogens is 1. The average molecular weight is 364 g/mol. The van der Waals surface area contributed by atoms with Crippen molar-refractivity contribution in [3.8, 4) is 0 Å². The third kappa shape index (κ3) is 4.57. The highest BCUT2D eigenvalue weighted by molar-refractivity contribution is 7.92. The Balaban J connectivity index is 2.28. The second-order valence-electron chi connectivity index (χ2n) is 5.73. The molecule has 0 saturated carbocycles. The highest BCUT2D eigenvalue weighted by Gasteiger charge is 2.30. The topological polar surface area (TPSA) is 66.5 Å². The van der Waals surface area contributed by atoms with Gasteiger partial charge in [0.1, 0.15) is 11.9 Å². The number of hydrogen-bond donors (Lipinski definition) is 1. The lowest BCUT2D eigenvalue weighted by atomic mass is 10.1. The van der Waals surface area contributed by atoms with E-state index in [-0.39, 0.29) is 5.69 Å². The van der Waals surface area contributed by atoms with Gasteiger partial charge in [0, 0.05) is 5.69 Å². The van der Waals surface area contributed by atoms with E-state index >= 15 is 0 Å². The van der Waals surface area contributed by atoms with Crippen LogP contribution in [0, 0.1) is 5.82 Å². The van der Waals surface area contributed by atoms with Crippen LogP contribution in [0.5, 0.6) is 0 Å². The SMILES string of the molecule is CCc1ccc(NC(=O)C(C)N(c2ccccc2F)S(C)(=O)=O)cc1. The summed E-state index contributed by atoms with van der Waals surface area (Å²) in [5.41, 5.74) is 1.51. The van der Waals surface area contributed by atoms with Gasteiger partial charge in [0.2, 0.25) is 15.9 Å². The van der Waals surface area contributed by atoms with Crippen LogP contribution in [0.2, 0.25) is 0 Å². The lowest BCUT2D eigenvalue weighted by Gasteiger charge is -2.28. The number of hydrogen-bond acceptors (Lipinski definition) is 3. The highest BCUT2D eigenvalue weighted by Crippen LogP contribution is 2.24. The van der Waals surface area contributed by atoms with E-state index in [2.05, 4.69) is 5.32 Å². The van der Waals surface area contributed by atoms with Gasteiger partial charge < -0.3 is 5.32 Å². The van der Waals surface area contributed by atoms with E-state index in [0.29, 0.717) is 5.69 Å². The van der Waals surface area contributed by atoms with Crippen LogP contribution in [0.1, 0.15) is 19.4 Å². The first-order valence-electron chi connectivity index (χ1n) is 7.87. The van der Waals surface area contributed by atoms with Gasteiger partial charge in [0.15, 0.2) is 0 Å². The molecule has 1 atom stereocenters. The Kier molecular flexibility index (Phi) is 5.79. The summed E-state index contributed by atoms with van der Waals surface area (Å²) in [4.78, 5) is 12.5. The van der Waals surface area contributed by atoms with E-state index in [9.17, 15) is 17.6 Å². The number of carbonyl (C=O) groups is 1. The van der Waals surface area contributed by atoms with Gasteiger partial charge in [0.05, 0.1) is 11.9 Å². The molecule has 25 heavy (non-hydrogen) atoms. The van der Waals surface area contributed by atoms with E-state index < -0.39 is 27.8 Å². The molecule has 0 spiro atoms. The summed E-state index contributed by atoms with van der Waals surface area (Å²) in [7, 11) is -3.86. The first-order valence-corrected chi connectivity index (χ1v) is 9.72. The highest BCUT2D eigenvalue weighted by atomic mass is 32.2. The van der Waals surface area contributed by atoms with Crippen LogP contribution in [0.4, 0.5) is 15.8 Å². The van der Waals surface area contributed by atoms with Gasteiger partial charge in [-0.2, -0.15) is 0 Å². The Bertz CT molecular complexity index is 851. The molecule has 2 rings (SSSR count). The zero-order valence-electron chi connectivity index (χ0n) is 14.4. The van der Waals surface area contributed by atoms with E-state index in [1.165, 1.54) is 25.1 Å². The number of aryl methyl sites for hydroxylation is 1. The van der Waals surface area contributed by atoms with Gasteiger partial charge in [0.25, 0.3) is 0 Å². The predicted octanol–water partition coefficient (Wildman–Crippen LogP) is 3.18. The van der Waals surface area contributed by atoms with Crippen LogP contribution in [0.15, 0.2) is 48.5 Å². The fraction of sp³-hybridized carbons (Fsp3) is 0.278. The normalized spacial score (nSPS) is 12.5. The smallest absolute Gasteiger partial charge is 0.247 e. The zero-order valence-corrected chi connectivity index (χ0v) is 15.2. The zero-order chi connectivity index (χ0) is 18.6. The first-order chi connectivity index (χ1) is 11.7. The Morgan fingerprint density at radius 1 is 1.16 bits per heavy atom. The van der Waals surface area contributed by atoms with E-state index in [1.807, 2.05) is 19.1 Å². The van der Waals surface area contributed by atoms with Crippen LogP contribution < -0.4 is 9.62 Å². The fourth-order valence-corrected chi connectivity index (χ4v) is 3.66. The minimum absolute atomic E-state index is 0.158. The number of carbonyl (C=O) groups excluding carboxylic acids is 1. The number of benzene rings is 2. The summed E-state index contributed by atoms with van der Waals surface area (Å²) >= 11 is 0. The molecule has 1 N–H and O–H groups in total. The third-order valence-corrected chi connectivity index (χ3v) is 5.04. The van der Waals surface area contributed by atoms with Gasteiger partial charge in [-0.15, -0.1) is 0 Å². The molecular weight excluding hydrogens is 343 g/mol. The number of sulfonamides is 1. The van der Waals surface area contributed by atoms with Crippen molar-refractivity contribution < 1.29 is 17.6 Å². The molecule has 0 bridgehead atoms. The Morgan fingerprint density at radius 2 is 1.76 bits per heavy atom. The van der Waals surface area contributed by atoms with Gasteiger partial charge in [-0.25, -0.2) is 12.8 Å². The molecule has 1 unspecified atom stereocenters. The van der Waals surface area contributed by atoms with Crippen LogP contribution >= 0.6 is 0 Å². The van der Waals surface area contributed by atoms with Crippen LogP contribution in [-0.2, 0) is 21.2 Å². The van der Waals surface area contributed by atoms with Crippen LogP contribution in [-0.4, -0.2) is 26.6 Å². The summed E-state index contributed by atoms with van der Waals surface area (Å²) in [5.74, 6) is -1.25. The summed E-state index contributed by atoms with van der Waals surface area (Å²) < 4.78 is 39.1. The Labute approximate surface area is 147 Å². The molecule has 2 aromatic carbocycles. The summed E-state index contributed by atoms with van der Waals surface area (Å²) in [6.45, 7) is 3.44. The summed E-state index contributed by atoms with van der Waals surface area (Å²) in [6, 6.07) is 11.6. The Hall–Kier alpha value is -2.41. The predicted molar refractivity (Wildman–Crippen MR) is 97.6 cm³/mol. The van der Waals surface area contributed by atoms with Crippen molar-refractivity contribution in [3.05, 3.63) is 59.9 Å². The summed E-state index contributed by atoms with van der Waals surface area (Å²) in [5, 5.41) is 2.67. The largest absolute Gasteiger partial charge is 0.324 e. The maximum Gasteiger partial charge on any atom is 0.247 e. The minimum Gasteiger partial charge on any atom is -0.324 e. The Morgan fingerprint density at radius 3 is 2.28 bits per heavy atom. The molecule has 0 aromatic heterocycles. The molecule has 2 aromatic rings. The third-order valence-electron chi connectivity index (χ3n) is 3.81. The van der Waals surface area contributed by atoms with Gasteiger partial charge in [-0.1, -0.05) is 31.2 Å². The van der Waals surface area contributed by atoms with Crippen molar-refractivity contribution in [1.82, 2.24) is 0 Å². The average Bonchev–Trinajstić information content (AvgIpc) is 2.56. The monoisotopic (exact) mass is 364 g/mol. The molecule has 0 aliphatic carbocycles. The van der Waals surface area contributed by atoms with Gasteiger partial charge >= 0.3 is 0 Å². The standard InChI is InChI=1S/C18H21FN2O3S/c1-4-14-9-11-15(12-10-14)20-18(22)13(2)21(25(3,23)24)17-8-6-5-7-16(17)19/h5-13H,4H2,1-3H3,(H,20,22).